The molecule has 3 N–H and O–H groups in total. The van der Waals surface area contributed by atoms with Crippen LogP contribution in [-0.4, -0.2) is 11.7 Å². The molecule has 1 aliphatic carbocycles. The molecule has 0 radical (unpaired) electrons. The molecule has 0 spiro atoms. The maximum atomic E-state index is 10.7. The van der Waals surface area contributed by atoms with Gasteiger partial charge in [0.1, 0.15) is 0 Å². The summed E-state index contributed by atoms with van der Waals surface area (Å²) in [6, 6.07) is 1.88. The molecule has 0 saturated heterocycles. The average Bonchev–Trinajstić information content (AvgIpc) is 2.76. The fourth-order valence-electron chi connectivity index (χ4n) is 2.97. The molecule has 0 amide bonds. The molecule has 0 bridgehead atoms. The van der Waals surface area contributed by atoms with E-state index in [0.717, 1.165) is 17.7 Å². The van der Waals surface area contributed by atoms with E-state index in [1.165, 1.54) is 43.4 Å². The van der Waals surface area contributed by atoms with Crippen molar-refractivity contribution in [3.05, 3.63) is 21.3 Å². The van der Waals surface area contributed by atoms with Crippen LogP contribution < -0.4 is 5.73 Å². The molecular weight excluding hydrogens is 266 g/mol. The lowest BCUT2D eigenvalue weighted by Gasteiger charge is -2.38. The zero-order valence-corrected chi connectivity index (χ0v) is 12.3. The number of nitrogens with two attached hydrogens (primary N) is 1. The van der Waals surface area contributed by atoms with Crippen LogP contribution in [0.15, 0.2) is 11.4 Å². The molecule has 2 rings (SSSR count). The minimum atomic E-state index is -0.460. The normalized spacial score (nSPS) is 22.2. The van der Waals surface area contributed by atoms with Crippen molar-refractivity contribution in [3.8, 4) is 0 Å². The van der Waals surface area contributed by atoms with Crippen molar-refractivity contribution in [2.45, 2.75) is 51.0 Å². The van der Waals surface area contributed by atoms with E-state index in [1.54, 1.807) is 0 Å². The summed E-state index contributed by atoms with van der Waals surface area (Å²) in [5, 5.41) is 13.3. The number of hydrogen-bond acceptors (Lipinski definition) is 3. The van der Waals surface area contributed by atoms with Gasteiger partial charge >= 0.3 is 0 Å². The maximum Gasteiger partial charge on any atom is 0.0950 e. The Hall–Kier alpha value is -0.0900. The lowest BCUT2D eigenvalue weighted by molar-refractivity contribution is 0.0110. The van der Waals surface area contributed by atoms with Crippen molar-refractivity contribution >= 4 is 22.9 Å². The quantitative estimate of drug-likeness (QED) is 0.878. The van der Waals surface area contributed by atoms with Gasteiger partial charge < -0.3 is 10.8 Å². The number of thiophene rings is 1. The topological polar surface area (TPSA) is 46.2 Å². The van der Waals surface area contributed by atoms with Gasteiger partial charge in [-0.15, -0.1) is 11.3 Å². The lowest BCUT2D eigenvalue weighted by Crippen LogP contribution is -2.37. The summed E-state index contributed by atoms with van der Waals surface area (Å²) >= 11 is 7.50. The van der Waals surface area contributed by atoms with Crippen LogP contribution in [0.4, 0.5) is 0 Å². The van der Waals surface area contributed by atoms with Crippen molar-refractivity contribution in [1.82, 2.24) is 0 Å². The summed E-state index contributed by atoms with van der Waals surface area (Å²) in [6.07, 6.45) is 7.79. The van der Waals surface area contributed by atoms with Gasteiger partial charge in [-0.3, -0.25) is 0 Å². The van der Waals surface area contributed by atoms with Crippen molar-refractivity contribution in [2.75, 3.05) is 6.54 Å². The summed E-state index contributed by atoms with van der Waals surface area (Å²) in [4.78, 5) is 0.964. The largest absolute Gasteiger partial charge is 0.387 e. The fourth-order valence-corrected chi connectivity index (χ4v) is 4.18. The molecule has 1 fully saturated rings. The third-order valence-corrected chi connectivity index (χ3v) is 5.53. The van der Waals surface area contributed by atoms with Gasteiger partial charge in [-0.2, -0.15) is 0 Å². The summed E-state index contributed by atoms with van der Waals surface area (Å²) in [5.41, 5.74) is 5.87. The van der Waals surface area contributed by atoms with E-state index in [9.17, 15) is 5.11 Å². The van der Waals surface area contributed by atoms with E-state index in [0.29, 0.717) is 11.6 Å². The van der Waals surface area contributed by atoms with Gasteiger partial charge in [-0.1, -0.05) is 43.7 Å². The molecular formula is C14H22ClNOS. The Balaban J connectivity index is 2.18. The van der Waals surface area contributed by atoms with Crippen LogP contribution in [0.25, 0.3) is 0 Å². The first-order chi connectivity index (χ1) is 8.68. The van der Waals surface area contributed by atoms with Crippen LogP contribution in [0.5, 0.6) is 0 Å². The SMILES string of the molecule is NCC1(C(O)c2cc(Cl)cs2)CCCCCCC1. The van der Waals surface area contributed by atoms with Crippen LogP contribution in [0.1, 0.15) is 55.9 Å². The van der Waals surface area contributed by atoms with Gasteiger partial charge in [-0.05, 0) is 18.9 Å². The predicted octanol–water partition coefficient (Wildman–Crippen LogP) is 4.12. The highest BCUT2D eigenvalue weighted by Crippen LogP contribution is 2.45. The lowest BCUT2D eigenvalue weighted by atomic mass is 9.71. The highest BCUT2D eigenvalue weighted by molar-refractivity contribution is 7.10. The van der Waals surface area contributed by atoms with Gasteiger partial charge in [0.2, 0.25) is 0 Å². The van der Waals surface area contributed by atoms with Gasteiger partial charge in [0.25, 0.3) is 0 Å². The van der Waals surface area contributed by atoms with E-state index in [-0.39, 0.29) is 5.41 Å². The van der Waals surface area contributed by atoms with Gasteiger partial charge in [0.05, 0.1) is 11.1 Å². The molecule has 1 aromatic rings. The van der Waals surface area contributed by atoms with Crippen molar-refractivity contribution in [2.24, 2.45) is 11.1 Å². The van der Waals surface area contributed by atoms with E-state index in [2.05, 4.69) is 0 Å². The molecule has 1 atom stereocenters. The number of aliphatic hydroxyl groups excluding tert-OH is 1. The first kappa shape index (κ1) is 14.3. The maximum absolute atomic E-state index is 10.7. The van der Waals surface area contributed by atoms with Gasteiger partial charge in [-0.25, -0.2) is 0 Å². The predicted molar refractivity (Wildman–Crippen MR) is 78.1 cm³/mol. The highest BCUT2D eigenvalue weighted by Gasteiger charge is 2.37. The summed E-state index contributed by atoms with van der Waals surface area (Å²) in [7, 11) is 0. The molecule has 102 valence electrons. The van der Waals surface area contributed by atoms with Crippen LogP contribution in [0.3, 0.4) is 0 Å². The molecule has 1 saturated carbocycles. The molecule has 0 aromatic carbocycles. The zero-order valence-electron chi connectivity index (χ0n) is 10.7. The monoisotopic (exact) mass is 287 g/mol. The smallest absolute Gasteiger partial charge is 0.0950 e. The minimum absolute atomic E-state index is 0.144. The standard InChI is InChI=1S/C14H22ClNOS/c15-11-8-12(18-9-11)13(17)14(10-16)6-4-2-1-3-5-7-14/h8-9,13,17H,1-7,10,16H2. The Morgan fingerprint density at radius 2 is 1.89 bits per heavy atom. The Labute approximate surface area is 118 Å². The molecule has 1 unspecified atom stereocenters. The first-order valence-corrected chi connectivity index (χ1v) is 8.06. The Bertz CT molecular complexity index is 372. The van der Waals surface area contributed by atoms with Crippen molar-refractivity contribution in [1.29, 1.82) is 0 Å². The highest BCUT2D eigenvalue weighted by atomic mass is 35.5. The van der Waals surface area contributed by atoms with E-state index < -0.39 is 6.10 Å². The van der Waals surface area contributed by atoms with Crippen LogP contribution in [-0.2, 0) is 0 Å². The molecule has 1 heterocycles. The molecule has 1 aromatic heterocycles. The Morgan fingerprint density at radius 3 is 2.39 bits per heavy atom. The number of hydrogen-bond donors (Lipinski definition) is 2. The minimum Gasteiger partial charge on any atom is -0.387 e. The third kappa shape index (κ3) is 3.08. The average molecular weight is 288 g/mol. The first-order valence-electron chi connectivity index (χ1n) is 6.80. The zero-order chi connectivity index (χ0) is 13.0. The van der Waals surface area contributed by atoms with Crippen molar-refractivity contribution < 1.29 is 5.11 Å². The van der Waals surface area contributed by atoms with Crippen LogP contribution in [0.2, 0.25) is 5.02 Å². The second-order valence-corrected chi connectivity index (χ2v) is 6.78. The molecule has 2 nitrogen and oxygen atoms in total. The summed E-state index contributed by atoms with van der Waals surface area (Å²) in [5.74, 6) is 0. The van der Waals surface area contributed by atoms with E-state index in [4.69, 9.17) is 17.3 Å². The van der Waals surface area contributed by atoms with Crippen LogP contribution in [0, 0.1) is 5.41 Å². The van der Waals surface area contributed by atoms with Gasteiger partial charge in [0, 0.05) is 22.2 Å². The molecule has 4 heteroatoms. The summed E-state index contributed by atoms with van der Waals surface area (Å²) in [6.45, 7) is 0.559. The fraction of sp³-hybridized carbons (Fsp3) is 0.714. The van der Waals surface area contributed by atoms with Gasteiger partial charge in [0.15, 0.2) is 0 Å². The molecule has 1 aliphatic rings. The second kappa shape index (κ2) is 6.38. The Kier molecular flexibility index (Phi) is 5.07. The Morgan fingerprint density at radius 1 is 1.28 bits per heavy atom. The number of halogens is 1. The summed E-state index contributed by atoms with van der Waals surface area (Å²) < 4.78 is 0. The molecule has 0 aliphatic heterocycles. The van der Waals surface area contributed by atoms with Crippen molar-refractivity contribution in [3.63, 3.8) is 0 Å². The number of rotatable bonds is 3. The second-order valence-electron chi connectivity index (χ2n) is 5.40. The number of aliphatic hydroxyl groups is 1. The molecule has 18 heavy (non-hydrogen) atoms. The van der Waals surface area contributed by atoms with E-state index in [1.807, 2.05) is 11.4 Å². The van der Waals surface area contributed by atoms with Crippen LogP contribution >= 0.6 is 22.9 Å². The third-order valence-electron chi connectivity index (χ3n) is 4.19. The van der Waals surface area contributed by atoms with E-state index >= 15 is 0 Å².